The van der Waals surface area contributed by atoms with Gasteiger partial charge in [0.25, 0.3) is 0 Å². The molecule has 1 heterocycles. The van der Waals surface area contributed by atoms with Crippen LogP contribution in [0.4, 0.5) is 0 Å². The second kappa shape index (κ2) is 4.39. The standard InChI is InChI=1S/C11H7BrClNO2/c1-16-11-8(5-15)10(13)7-4-6(12)2-3-9(7)14-11/h2-5H,1H3. The van der Waals surface area contributed by atoms with E-state index in [0.29, 0.717) is 16.8 Å². The highest BCUT2D eigenvalue weighted by Gasteiger charge is 2.13. The SMILES string of the molecule is COc1nc2ccc(Br)cc2c(Cl)c1C=O. The van der Waals surface area contributed by atoms with Crippen LogP contribution in [-0.2, 0) is 0 Å². The van der Waals surface area contributed by atoms with Crippen LogP contribution in [0.3, 0.4) is 0 Å². The van der Waals surface area contributed by atoms with Crippen molar-refractivity contribution in [1.29, 1.82) is 0 Å². The van der Waals surface area contributed by atoms with Gasteiger partial charge >= 0.3 is 0 Å². The number of carbonyl (C=O) groups is 1. The van der Waals surface area contributed by atoms with Crippen molar-refractivity contribution < 1.29 is 9.53 Å². The molecule has 0 spiro atoms. The molecule has 0 atom stereocenters. The van der Waals surface area contributed by atoms with Crippen molar-refractivity contribution in [2.75, 3.05) is 7.11 Å². The number of carbonyl (C=O) groups excluding carboxylic acids is 1. The summed E-state index contributed by atoms with van der Waals surface area (Å²) >= 11 is 9.47. The van der Waals surface area contributed by atoms with Crippen molar-refractivity contribution >= 4 is 44.7 Å². The number of hydrogen-bond donors (Lipinski definition) is 0. The molecule has 1 aromatic carbocycles. The van der Waals surface area contributed by atoms with Gasteiger partial charge in [-0.1, -0.05) is 27.5 Å². The third-order valence-corrected chi connectivity index (χ3v) is 3.10. The fourth-order valence-electron chi connectivity index (χ4n) is 1.45. The summed E-state index contributed by atoms with van der Waals surface area (Å²) in [5, 5.41) is 1.08. The van der Waals surface area contributed by atoms with Crippen molar-refractivity contribution in [2.24, 2.45) is 0 Å². The average Bonchev–Trinajstić information content (AvgIpc) is 2.29. The predicted molar refractivity (Wildman–Crippen MR) is 66.4 cm³/mol. The summed E-state index contributed by atoms with van der Waals surface area (Å²) < 4.78 is 5.90. The molecule has 16 heavy (non-hydrogen) atoms. The van der Waals surface area contributed by atoms with Crippen LogP contribution in [0.25, 0.3) is 10.9 Å². The van der Waals surface area contributed by atoms with E-state index in [2.05, 4.69) is 20.9 Å². The van der Waals surface area contributed by atoms with Gasteiger partial charge in [-0.15, -0.1) is 0 Å². The zero-order chi connectivity index (χ0) is 11.7. The van der Waals surface area contributed by atoms with Gasteiger partial charge in [0.2, 0.25) is 5.88 Å². The molecule has 2 rings (SSSR count). The molecule has 0 bridgehead atoms. The quantitative estimate of drug-likeness (QED) is 0.797. The van der Waals surface area contributed by atoms with Crippen molar-refractivity contribution in [3.63, 3.8) is 0 Å². The van der Waals surface area contributed by atoms with Crippen LogP contribution >= 0.6 is 27.5 Å². The summed E-state index contributed by atoms with van der Waals surface area (Å²) in [5.41, 5.74) is 0.963. The Morgan fingerprint density at radius 3 is 2.88 bits per heavy atom. The zero-order valence-corrected chi connectivity index (χ0v) is 10.7. The predicted octanol–water partition coefficient (Wildman–Crippen LogP) is 3.47. The number of aromatic nitrogens is 1. The van der Waals surface area contributed by atoms with Crippen molar-refractivity contribution in [2.45, 2.75) is 0 Å². The summed E-state index contributed by atoms with van der Waals surface area (Å²) in [7, 11) is 1.45. The van der Waals surface area contributed by atoms with Gasteiger partial charge in [-0.05, 0) is 18.2 Å². The first kappa shape index (κ1) is 11.4. The van der Waals surface area contributed by atoms with Crippen LogP contribution in [0, 0.1) is 0 Å². The van der Waals surface area contributed by atoms with Crippen LogP contribution in [0.5, 0.6) is 5.88 Å². The fraction of sp³-hybridized carbons (Fsp3) is 0.0909. The molecule has 0 fully saturated rings. The molecule has 0 N–H and O–H groups in total. The summed E-state index contributed by atoms with van der Waals surface area (Å²) in [6, 6.07) is 5.48. The van der Waals surface area contributed by atoms with Gasteiger partial charge in [-0.25, -0.2) is 4.98 Å². The van der Waals surface area contributed by atoms with Crippen LogP contribution in [0.1, 0.15) is 10.4 Å². The fourth-order valence-corrected chi connectivity index (χ4v) is 2.09. The Bertz CT molecular complexity index is 571. The number of pyridine rings is 1. The number of aldehydes is 1. The zero-order valence-electron chi connectivity index (χ0n) is 8.33. The van der Waals surface area contributed by atoms with Crippen LogP contribution in [-0.4, -0.2) is 18.4 Å². The topological polar surface area (TPSA) is 39.2 Å². The lowest BCUT2D eigenvalue weighted by atomic mass is 10.1. The lowest BCUT2D eigenvalue weighted by Crippen LogP contribution is -1.96. The third-order valence-electron chi connectivity index (χ3n) is 2.20. The Morgan fingerprint density at radius 1 is 1.50 bits per heavy atom. The number of ether oxygens (including phenoxy) is 1. The molecule has 0 saturated carbocycles. The molecule has 0 saturated heterocycles. The first-order chi connectivity index (χ1) is 7.67. The van der Waals surface area contributed by atoms with E-state index in [9.17, 15) is 4.79 Å². The highest BCUT2D eigenvalue weighted by atomic mass is 79.9. The molecule has 0 unspecified atom stereocenters. The highest BCUT2D eigenvalue weighted by molar-refractivity contribution is 9.10. The van der Waals surface area contributed by atoms with Gasteiger partial charge in [-0.3, -0.25) is 4.79 Å². The van der Waals surface area contributed by atoms with Crippen molar-refractivity contribution in [3.8, 4) is 5.88 Å². The Morgan fingerprint density at radius 2 is 2.25 bits per heavy atom. The molecule has 0 aliphatic carbocycles. The summed E-state index contributed by atoms with van der Waals surface area (Å²) in [4.78, 5) is 15.1. The lowest BCUT2D eigenvalue weighted by Gasteiger charge is -2.07. The summed E-state index contributed by atoms with van der Waals surface area (Å²) in [5.74, 6) is 0.245. The van der Waals surface area contributed by atoms with Crippen LogP contribution in [0.15, 0.2) is 22.7 Å². The minimum Gasteiger partial charge on any atom is -0.480 e. The molecule has 2 aromatic rings. The monoisotopic (exact) mass is 299 g/mol. The molecule has 1 aromatic heterocycles. The van der Waals surface area contributed by atoms with Crippen LogP contribution in [0.2, 0.25) is 5.02 Å². The first-order valence-corrected chi connectivity index (χ1v) is 5.62. The summed E-state index contributed by atoms with van der Waals surface area (Å²) in [6.07, 6.45) is 0.647. The Hall–Kier alpha value is -1.13. The van der Waals surface area contributed by atoms with Gasteiger partial charge in [0.15, 0.2) is 6.29 Å². The second-order valence-corrected chi connectivity index (χ2v) is 4.42. The Balaban J connectivity index is 2.87. The van der Waals surface area contributed by atoms with Crippen molar-refractivity contribution in [3.05, 3.63) is 33.3 Å². The van der Waals surface area contributed by atoms with E-state index in [4.69, 9.17) is 16.3 Å². The maximum absolute atomic E-state index is 10.9. The molecule has 0 aliphatic heterocycles. The van der Waals surface area contributed by atoms with E-state index < -0.39 is 0 Å². The molecule has 0 radical (unpaired) electrons. The Kier molecular flexibility index (Phi) is 3.12. The molecule has 3 nitrogen and oxygen atoms in total. The minimum absolute atomic E-state index is 0.245. The number of fused-ring (bicyclic) bond motifs is 1. The van der Waals surface area contributed by atoms with E-state index in [-0.39, 0.29) is 11.4 Å². The summed E-state index contributed by atoms with van der Waals surface area (Å²) in [6.45, 7) is 0. The molecule has 5 heteroatoms. The highest BCUT2D eigenvalue weighted by Crippen LogP contribution is 2.32. The normalized spacial score (nSPS) is 10.4. The van der Waals surface area contributed by atoms with E-state index in [1.54, 1.807) is 0 Å². The van der Waals surface area contributed by atoms with E-state index >= 15 is 0 Å². The maximum Gasteiger partial charge on any atom is 0.225 e. The van der Waals surface area contributed by atoms with E-state index in [1.165, 1.54) is 7.11 Å². The van der Waals surface area contributed by atoms with Crippen LogP contribution < -0.4 is 4.74 Å². The second-order valence-electron chi connectivity index (χ2n) is 3.13. The van der Waals surface area contributed by atoms with Gasteiger partial charge in [-0.2, -0.15) is 0 Å². The molecular formula is C11H7BrClNO2. The van der Waals surface area contributed by atoms with Gasteiger partial charge < -0.3 is 4.74 Å². The third kappa shape index (κ3) is 1.79. The van der Waals surface area contributed by atoms with Crippen molar-refractivity contribution in [1.82, 2.24) is 4.98 Å². The number of rotatable bonds is 2. The first-order valence-electron chi connectivity index (χ1n) is 4.45. The molecule has 0 aliphatic rings. The lowest BCUT2D eigenvalue weighted by molar-refractivity contribution is 0.112. The molecule has 82 valence electrons. The van der Waals surface area contributed by atoms with E-state index in [1.807, 2.05) is 18.2 Å². The van der Waals surface area contributed by atoms with Gasteiger partial charge in [0.1, 0.15) is 0 Å². The number of hydrogen-bond acceptors (Lipinski definition) is 3. The average molecular weight is 301 g/mol. The molecule has 0 amide bonds. The van der Waals surface area contributed by atoms with Gasteiger partial charge in [0.05, 0.1) is 23.2 Å². The number of nitrogens with zero attached hydrogens (tertiary/aromatic N) is 1. The smallest absolute Gasteiger partial charge is 0.225 e. The molecular weight excluding hydrogens is 293 g/mol. The maximum atomic E-state index is 10.9. The number of benzene rings is 1. The van der Waals surface area contributed by atoms with E-state index in [0.717, 1.165) is 9.86 Å². The van der Waals surface area contributed by atoms with Gasteiger partial charge in [0, 0.05) is 9.86 Å². The minimum atomic E-state index is 0.245. The largest absolute Gasteiger partial charge is 0.480 e. The number of halogens is 2. The Labute approximate surface area is 106 Å². The number of methoxy groups -OCH3 is 1.